The number of carbonyl (C=O) groups excluding carboxylic acids is 1. The third-order valence-corrected chi connectivity index (χ3v) is 5.32. The monoisotopic (exact) mass is 348 g/mol. The topological polar surface area (TPSA) is 26.3 Å². The number of halogens is 2. The zero-order valence-electron chi connectivity index (χ0n) is 14.5. The third kappa shape index (κ3) is 19.2. The zero-order chi connectivity index (χ0) is 17.2. The highest BCUT2D eigenvalue weighted by Gasteiger charge is 2.02. The number of rotatable bonds is 17. The van der Waals surface area contributed by atoms with Crippen molar-refractivity contribution in [3.8, 4) is 0 Å². The van der Waals surface area contributed by atoms with Gasteiger partial charge in [0.25, 0.3) is 0 Å². The Hall–Kier alpha value is -0.713. The van der Waals surface area contributed by atoms with Crippen molar-refractivity contribution in [1.82, 2.24) is 0 Å². The van der Waals surface area contributed by atoms with Crippen LogP contribution in [-0.4, -0.2) is 28.1 Å². The zero-order valence-corrected chi connectivity index (χ0v) is 16.0. The molecule has 23 heavy (non-hydrogen) atoms. The van der Waals surface area contributed by atoms with E-state index >= 15 is 0 Å². The molecule has 2 nitrogen and oxygen atoms in total. The molecule has 0 saturated heterocycles. The summed E-state index contributed by atoms with van der Waals surface area (Å²) in [6.07, 6.45) is 15.5. The van der Waals surface area contributed by atoms with Gasteiger partial charge in [-0.3, -0.25) is 0 Å². The van der Waals surface area contributed by atoms with E-state index in [-0.39, 0.29) is 5.97 Å². The van der Waals surface area contributed by atoms with Gasteiger partial charge in [-0.05, 0) is 6.42 Å². The van der Waals surface area contributed by atoms with Crippen LogP contribution in [0.4, 0.5) is 8.78 Å². The predicted molar refractivity (Wildman–Crippen MR) is 95.9 cm³/mol. The highest BCUT2D eigenvalue weighted by atomic mass is 28.2. The largest absolute Gasteiger partial charge is 0.463 e. The van der Waals surface area contributed by atoms with Crippen LogP contribution < -0.4 is 0 Å². The smallest absolute Gasteiger partial charge is 0.330 e. The van der Waals surface area contributed by atoms with Crippen molar-refractivity contribution in [2.24, 2.45) is 0 Å². The summed E-state index contributed by atoms with van der Waals surface area (Å²) in [4.78, 5) is 10.8. The van der Waals surface area contributed by atoms with E-state index in [4.69, 9.17) is 4.74 Å². The number of esters is 1. The van der Waals surface area contributed by atoms with Crippen molar-refractivity contribution < 1.29 is 18.3 Å². The summed E-state index contributed by atoms with van der Waals surface area (Å²) in [5, 5.41) is 0. The van der Waals surface area contributed by atoms with Gasteiger partial charge in [0, 0.05) is 6.08 Å². The van der Waals surface area contributed by atoms with E-state index in [9.17, 15) is 13.6 Å². The van der Waals surface area contributed by atoms with Gasteiger partial charge in [0.15, 0.2) is 0 Å². The van der Waals surface area contributed by atoms with Crippen LogP contribution in [0.3, 0.4) is 0 Å². The van der Waals surface area contributed by atoms with E-state index in [0.29, 0.717) is 6.61 Å². The summed E-state index contributed by atoms with van der Waals surface area (Å²) in [5.74, 6) is -0.332. The molecule has 0 bridgehead atoms. The Balaban J connectivity index is 3.02. The number of hydrogen-bond acceptors (Lipinski definition) is 2. The van der Waals surface area contributed by atoms with Gasteiger partial charge in [-0.25, -0.2) is 13.6 Å². The van der Waals surface area contributed by atoms with Crippen LogP contribution in [0.25, 0.3) is 0 Å². The average Bonchev–Trinajstić information content (AvgIpc) is 2.53. The van der Waals surface area contributed by atoms with Crippen LogP contribution in [0.1, 0.15) is 77.0 Å². The predicted octanol–water partition coefficient (Wildman–Crippen LogP) is 5.21. The second kappa shape index (κ2) is 17.6. The summed E-state index contributed by atoms with van der Waals surface area (Å²) in [6, 6.07) is -1.18. The van der Waals surface area contributed by atoms with E-state index in [1.54, 1.807) is 0 Å². The van der Waals surface area contributed by atoms with Gasteiger partial charge in [-0.1, -0.05) is 83.3 Å². The Morgan fingerprint density at radius 2 is 1.30 bits per heavy atom. The Kier molecular flexibility index (Phi) is 17.1. The molecule has 0 fully saturated rings. The maximum atomic E-state index is 12.0. The standard InChI is InChI=1S/C18H34F2O2Si/c1-2-17(21)22-15-13-11-9-7-5-3-4-6-8-10-12-14-16-23-18(19)20/h2,18H,1,3-16,23H2. The molecule has 0 spiro atoms. The second-order valence-corrected chi connectivity index (χ2v) is 8.05. The fourth-order valence-corrected chi connectivity index (χ4v) is 3.53. The van der Waals surface area contributed by atoms with E-state index < -0.39 is 15.6 Å². The van der Waals surface area contributed by atoms with Gasteiger partial charge >= 0.3 is 5.97 Å². The molecule has 136 valence electrons. The molecule has 0 heterocycles. The molecule has 0 aromatic carbocycles. The molecule has 0 unspecified atom stereocenters. The number of unbranched alkanes of at least 4 members (excludes halogenated alkanes) is 11. The normalized spacial score (nSPS) is 11.4. The highest BCUT2D eigenvalue weighted by Crippen LogP contribution is 2.13. The first-order valence-electron chi connectivity index (χ1n) is 9.24. The minimum atomic E-state index is -1.99. The van der Waals surface area contributed by atoms with Crippen molar-refractivity contribution in [2.75, 3.05) is 6.61 Å². The van der Waals surface area contributed by atoms with Crippen LogP contribution in [0.15, 0.2) is 12.7 Å². The molecule has 0 aliphatic rings. The quantitative estimate of drug-likeness (QED) is 0.156. The first kappa shape index (κ1) is 22.3. The Morgan fingerprint density at radius 3 is 1.74 bits per heavy atom. The molecule has 0 aromatic heterocycles. The molecule has 0 amide bonds. The maximum Gasteiger partial charge on any atom is 0.330 e. The fourth-order valence-electron chi connectivity index (χ4n) is 2.58. The molecule has 5 heteroatoms. The highest BCUT2D eigenvalue weighted by molar-refractivity contribution is 6.36. The Labute approximate surface area is 142 Å². The summed E-state index contributed by atoms with van der Waals surface area (Å²) in [7, 11) is -1.08. The van der Waals surface area contributed by atoms with Crippen molar-refractivity contribution in [3.63, 3.8) is 0 Å². The van der Waals surface area contributed by atoms with Gasteiger partial charge < -0.3 is 4.74 Å². The maximum absolute atomic E-state index is 12.0. The van der Waals surface area contributed by atoms with Crippen LogP contribution >= 0.6 is 0 Å². The molecule has 0 aromatic rings. The number of hydrogen-bond donors (Lipinski definition) is 0. The van der Waals surface area contributed by atoms with Crippen LogP contribution in [0, 0.1) is 0 Å². The van der Waals surface area contributed by atoms with Crippen LogP contribution in [0.2, 0.25) is 6.04 Å². The fraction of sp³-hybridized carbons (Fsp3) is 0.833. The van der Waals surface area contributed by atoms with Crippen LogP contribution in [-0.2, 0) is 9.53 Å². The summed E-state index contributed by atoms with van der Waals surface area (Å²) in [5.41, 5.74) is 0. The molecule has 0 atom stereocenters. The van der Waals surface area contributed by atoms with Crippen molar-refractivity contribution in [2.45, 2.75) is 89.1 Å². The Morgan fingerprint density at radius 1 is 0.870 bits per heavy atom. The first-order chi connectivity index (χ1) is 11.2. The van der Waals surface area contributed by atoms with Gasteiger partial charge in [0.05, 0.1) is 6.61 Å². The summed E-state index contributed by atoms with van der Waals surface area (Å²) in [6.45, 7) is 3.86. The van der Waals surface area contributed by atoms with Crippen molar-refractivity contribution in [3.05, 3.63) is 12.7 Å². The molecule has 0 radical (unpaired) electrons. The minimum Gasteiger partial charge on any atom is -0.463 e. The first-order valence-corrected chi connectivity index (χ1v) is 11.1. The SMILES string of the molecule is C=CC(=O)OCCCCCCCCCCCCCC[SiH2]C(F)F. The lowest BCUT2D eigenvalue weighted by molar-refractivity contribution is -0.137. The average molecular weight is 349 g/mol. The minimum absolute atomic E-state index is 0.332. The lowest BCUT2D eigenvalue weighted by Crippen LogP contribution is -2.02. The van der Waals surface area contributed by atoms with Gasteiger partial charge in [-0.2, -0.15) is 0 Å². The van der Waals surface area contributed by atoms with Gasteiger partial charge in [0.1, 0.15) is 9.52 Å². The van der Waals surface area contributed by atoms with E-state index in [1.807, 2.05) is 0 Å². The second-order valence-electron chi connectivity index (χ2n) is 6.15. The van der Waals surface area contributed by atoms with Crippen molar-refractivity contribution in [1.29, 1.82) is 0 Å². The number of carbonyl (C=O) groups is 1. The summed E-state index contributed by atoms with van der Waals surface area (Å²) < 4.78 is 28.9. The molecule has 0 aliphatic carbocycles. The molecular weight excluding hydrogens is 314 g/mol. The van der Waals surface area contributed by atoms with Gasteiger partial charge in [-0.15, -0.1) is 0 Å². The van der Waals surface area contributed by atoms with E-state index in [2.05, 4.69) is 6.58 Å². The number of ether oxygens (including phenoxy) is 1. The molecule has 0 saturated carbocycles. The van der Waals surface area contributed by atoms with E-state index in [0.717, 1.165) is 31.7 Å². The molecule has 0 rings (SSSR count). The number of alkyl halides is 2. The lowest BCUT2D eigenvalue weighted by atomic mass is 10.1. The molecule has 0 N–H and O–H groups in total. The lowest BCUT2D eigenvalue weighted by Gasteiger charge is -2.04. The third-order valence-electron chi connectivity index (χ3n) is 3.98. The molecular formula is C18H34F2O2Si. The molecule has 0 aliphatic heterocycles. The Bertz CT molecular complexity index is 286. The van der Waals surface area contributed by atoms with Gasteiger partial charge in [0.2, 0.25) is 6.05 Å². The van der Waals surface area contributed by atoms with Crippen molar-refractivity contribution >= 4 is 15.5 Å². The van der Waals surface area contributed by atoms with Crippen LogP contribution in [0.5, 0.6) is 0 Å². The summed E-state index contributed by atoms with van der Waals surface area (Å²) >= 11 is 0. The van der Waals surface area contributed by atoms with E-state index in [1.165, 1.54) is 57.4 Å².